The van der Waals surface area contributed by atoms with Crippen molar-refractivity contribution in [2.75, 3.05) is 4.90 Å². The molecule has 2 aliphatic heterocycles. The highest BCUT2D eigenvalue weighted by atomic mass is 16.3. The average Bonchev–Trinajstić information content (AvgIpc) is 3.40. The zero-order valence-corrected chi connectivity index (χ0v) is 16.8. The summed E-state index contributed by atoms with van der Waals surface area (Å²) in [6, 6.07) is 10.6. The second kappa shape index (κ2) is 7.31. The number of nitrogens with zero attached hydrogens (tertiary/aromatic N) is 2. The van der Waals surface area contributed by atoms with Crippen molar-refractivity contribution < 1.29 is 18.8 Å². The van der Waals surface area contributed by atoms with Crippen molar-refractivity contribution in [2.45, 2.75) is 63.2 Å². The van der Waals surface area contributed by atoms with Crippen LogP contribution in [0.4, 0.5) is 5.69 Å². The quantitative estimate of drug-likeness (QED) is 0.844. The normalized spacial score (nSPS) is 24.0. The van der Waals surface area contributed by atoms with Crippen LogP contribution in [-0.4, -0.2) is 34.3 Å². The lowest BCUT2D eigenvalue weighted by Crippen LogP contribution is -2.70. The van der Waals surface area contributed by atoms with Crippen LogP contribution in [0.3, 0.4) is 0 Å². The zero-order chi connectivity index (χ0) is 20.7. The van der Waals surface area contributed by atoms with Gasteiger partial charge < -0.3 is 9.73 Å². The summed E-state index contributed by atoms with van der Waals surface area (Å²) in [6.07, 6.45) is 7.23. The molecule has 3 heterocycles. The van der Waals surface area contributed by atoms with E-state index in [-0.39, 0.29) is 43.1 Å². The third kappa shape index (κ3) is 2.83. The van der Waals surface area contributed by atoms with E-state index in [1.807, 2.05) is 0 Å². The molecule has 0 spiro atoms. The molecule has 1 aliphatic carbocycles. The van der Waals surface area contributed by atoms with Gasteiger partial charge in [0.2, 0.25) is 11.6 Å². The Labute approximate surface area is 175 Å². The molecule has 2 fully saturated rings. The summed E-state index contributed by atoms with van der Waals surface area (Å²) in [5.74, 6) is -0.0912. The maximum atomic E-state index is 13.8. The standard InChI is InChI=1S/C23H25N3O4/c27-20-12-13-23(22(29)24-16-7-2-1-3-8-16)25(15-17-9-6-14-30-17)21(28)18-10-4-5-11-19(18)26(20)23/h4-6,9-11,14,16H,1-3,7-8,12-13,15H2,(H,24,29)/t23-/m0/s1. The first-order valence-corrected chi connectivity index (χ1v) is 10.7. The van der Waals surface area contributed by atoms with Crippen LogP contribution in [0.15, 0.2) is 47.1 Å². The van der Waals surface area contributed by atoms with E-state index >= 15 is 0 Å². The number of hydrogen-bond acceptors (Lipinski definition) is 4. The Hall–Kier alpha value is -3.09. The SMILES string of the molecule is O=C1c2ccccc2N2C(=O)CC[C@]2(C(=O)NC2CCCCC2)N1Cc1ccco1. The summed E-state index contributed by atoms with van der Waals surface area (Å²) in [4.78, 5) is 43.4. The highest BCUT2D eigenvalue weighted by molar-refractivity contribution is 6.16. The predicted octanol–water partition coefficient (Wildman–Crippen LogP) is 3.21. The van der Waals surface area contributed by atoms with Crippen LogP contribution in [0.5, 0.6) is 0 Å². The van der Waals surface area contributed by atoms with Gasteiger partial charge in [-0.3, -0.25) is 24.2 Å². The van der Waals surface area contributed by atoms with Crippen LogP contribution in [0.25, 0.3) is 0 Å². The van der Waals surface area contributed by atoms with E-state index in [9.17, 15) is 14.4 Å². The van der Waals surface area contributed by atoms with Gasteiger partial charge in [-0.2, -0.15) is 0 Å². The number of carbonyl (C=O) groups is 3. The van der Waals surface area contributed by atoms with Crippen LogP contribution in [0.2, 0.25) is 0 Å². The number of amides is 3. The van der Waals surface area contributed by atoms with Gasteiger partial charge in [-0.05, 0) is 37.1 Å². The van der Waals surface area contributed by atoms with Crippen LogP contribution in [0.1, 0.15) is 61.1 Å². The van der Waals surface area contributed by atoms with E-state index in [1.165, 1.54) is 11.3 Å². The van der Waals surface area contributed by atoms with Gasteiger partial charge in [-0.1, -0.05) is 31.4 Å². The Morgan fingerprint density at radius 3 is 2.67 bits per heavy atom. The van der Waals surface area contributed by atoms with Gasteiger partial charge in [0.05, 0.1) is 24.1 Å². The molecule has 5 rings (SSSR count). The fourth-order valence-electron chi connectivity index (χ4n) is 5.11. The van der Waals surface area contributed by atoms with Crippen molar-refractivity contribution >= 4 is 23.4 Å². The van der Waals surface area contributed by atoms with E-state index < -0.39 is 5.66 Å². The topological polar surface area (TPSA) is 82.9 Å². The number of furan rings is 1. The highest BCUT2D eigenvalue weighted by Gasteiger charge is 2.61. The molecular formula is C23H25N3O4. The number of hydrogen-bond donors (Lipinski definition) is 1. The molecular weight excluding hydrogens is 382 g/mol. The largest absolute Gasteiger partial charge is 0.467 e. The van der Waals surface area contributed by atoms with E-state index in [4.69, 9.17) is 4.42 Å². The fraction of sp³-hybridized carbons (Fsp3) is 0.435. The molecule has 156 valence electrons. The Morgan fingerprint density at radius 1 is 1.10 bits per heavy atom. The molecule has 30 heavy (non-hydrogen) atoms. The first-order chi connectivity index (χ1) is 14.6. The molecule has 3 amide bonds. The number of fused-ring (bicyclic) bond motifs is 3. The molecule has 1 saturated carbocycles. The Bertz CT molecular complexity index is 980. The number of carbonyl (C=O) groups excluding carboxylic acids is 3. The van der Waals surface area contributed by atoms with Crippen LogP contribution in [0, 0.1) is 0 Å². The molecule has 1 N–H and O–H groups in total. The van der Waals surface area contributed by atoms with Crippen molar-refractivity contribution in [3.63, 3.8) is 0 Å². The minimum atomic E-state index is -1.37. The Balaban J connectivity index is 1.60. The Kier molecular flexibility index (Phi) is 4.60. The molecule has 1 aromatic carbocycles. The fourth-order valence-corrected chi connectivity index (χ4v) is 5.11. The zero-order valence-electron chi connectivity index (χ0n) is 16.8. The minimum absolute atomic E-state index is 0.0795. The summed E-state index contributed by atoms with van der Waals surface area (Å²) in [5, 5.41) is 3.17. The maximum Gasteiger partial charge on any atom is 0.267 e. The Morgan fingerprint density at radius 2 is 1.90 bits per heavy atom. The van der Waals surface area contributed by atoms with Gasteiger partial charge in [-0.25, -0.2) is 0 Å². The number of benzene rings is 1. The lowest BCUT2D eigenvalue weighted by atomic mass is 9.92. The van der Waals surface area contributed by atoms with Gasteiger partial charge in [0.25, 0.3) is 11.8 Å². The molecule has 0 unspecified atom stereocenters. The van der Waals surface area contributed by atoms with Gasteiger partial charge in [-0.15, -0.1) is 0 Å². The highest BCUT2D eigenvalue weighted by Crippen LogP contribution is 2.45. The van der Waals surface area contributed by atoms with E-state index in [0.29, 0.717) is 17.0 Å². The van der Waals surface area contributed by atoms with Crippen molar-refractivity contribution in [3.05, 3.63) is 54.0 Å². The molecule has 2 aromatic rings. The summed E-state index contributed by atoms with van der Waals surface area (Å²) < 4.78 is 5.49. The molecule has 0 radical (unpaired) electrons. The number of para-hydroxylation sites is 1. The lowest BCUT2D eigenvalue weighted by molar-refractivity contribution is -0.135. The average molecular weight is 407 g/mol. The molecule has 0 bridgehead atoms. The molecule has 1 atom stereocenters. The number of rotatable bonds is 4. The van der Waals surface area contributed by atoms with Crippen LogP contribution >= 0.6 is 0 Å². The molecule has 3 aliphatic rings. The number of nitrogens with one attached hydrogen (secondary N) is 1. The van der Waals surface area contributed by atoms with E-state index in [1.54, 1.807) is 47.6 Å². The summed E-state index contributed by atoms with van der Waals surface area (Å²) >= 11 is 0. The first kappa shape index (κ1) is 18.9. The van der Waals surface area contributed by atoms with Gasteiger partial charge in [0.15, 0.2) is 0 Å². The van der Waals surface area contributed by atoms with E-state index in [0.717, 1.165) is 25.7 Å². The summed E-state index contributed by atoms with van der Waals surface area (Å²) in [5.41, 5.74) is -0.424. The van der Waals surface area contributed by atoms with Gasteiger partial charge in [0.1, 0.15) is 5.76 Å². The van der Waals surface area contributed by atoms with Crippen LogP contribution < -0.4 is 10.2 Å². The number of anilines is 1. The monoisotopic (exact) mass is 407 g/mol. The van der Waals surface area contributed by atoms with Gasteiger partial charge >= 0.3 is 0 Å². The van der Waals surface area contributed by atoms with Gasteiger partial charge in [0, 0.05) is 18.9 Å². The maximum absolute atomic E-state index is 13.8. The second-order valence-corrected chi connectivity index (χ2v) is 8.34. The molecule has 7 heteroatoms. The van der Waals surface area contributed by atoms with Crippen molar-refractivity contribution in [1.29, 1.82) is 0 Å². The third-order valence-electron chi connectivity index (χ3n) is 6.57. The lowest BCUT2D eigenvalue weighted by Gasteiger charge is -2.49. The van der Waals surface area contributed by atoms with Crippen LogP contribution in [-0.2, 0) is 16.1 Å². The predicted molar refractivity (Wildman–Crippen MR) is 109 cm³/mol. The third-order valence-corrected chi connectivity index (χ3v) is 6.57. The van der Waals surface area contributed by atoms with Crippen molar-refractivity contribution in [1.82, 2.24) is 10.2 Å². The minimum Gasteiger partial charge on any atom is -0.467 e. The van der Waals surface area contributed by atoms with Crippen molar-refractivity contribution in [2.24, 2.45) is 0 Å². The van der Waals surface area contributed by atoms with E-state index in [2.05, 4.69) is 5.32 Å². The molecule has 7 nitrogen and oxygen atoms in total. The summed E-state index contributed by atoms with van der Waals surface area (Å²) in [6.45, 7) is 0.127. The summed E-state index contributed by atoms with van der Waals surface area (Å²) in [7, 11) is 0. The molecule has 1 aromatic heterocycles. The first-order valence-electron chi connectivity index (χ1n) is 10.7. The second-order valence-electron chi connectivity index (χ2n) is 8.34. The van der Waals surface area contributed by atoms with Crippen molar-refractivity contribution in [3.8, 4) is 0 Å². The molecule has 1 saturated heterocycles. The smallest absolute Gasteiger partial charge is 0.267 e.